The summed E-state index contributed by atoms with van der Waals surface area (Å²) in [6.45, 7) is 1.82. The molecule has 1 aromatic carbocycles. The van der Waals surface area contributed by atoms with E-state index in [1.807, 2.05) is 6.92 Å². The van der Waals surface area contributed by atoms with Gasteiger partial charge in [0, 0.05) is 23.5 Å². The zero-order valence-electron chi connectivity index (χ0n) is 11.0. The molecule has 0 saturated carbocycles. The lowest BCUT2D eigenvalue weighted by atomic mass is 10.1. The van der Waals surface area contributed by atoms with E-state index in [2.05, 4.69) is 10.1 Å². The first-order valence-corrected chi connectivity index (χ1v) is 6.14. The van der Waals surface area contributed by atoms with E-state index in [0.29, 0.717) is 17.0 Å². The van der Waals surface area contributed by atoms with Gasteiger partial charge in [-0.2, -0.15) is 0 Å². The van der Waals surface area contributed by atoms with E-state index in [1.54, 1.807) is 30.5 Å². The molecule has 0 atom stereocenters. The number of rotatable bonds is 3. The molecule has 0 radical (unpaired) electrons. The molecule has 2 heterocycles. The monoisotopic (exact) mass is 285 g/mol. The Balaban J connectivity index is 1.97. The SMILES string of the molecule is Cc1c[nH]c(=O)n1-c1ccc(-c2cc(C(=O)O)no2)cc1. The Morgan fingerprint density at radius 1 is 1.33 bits per heavy atom. The van der Waals surface area contributed by atoms with Crippen LogP contribution in [0.4, 0.5) is 0 Å². The molecule has 21 heavy (non-hydrogen) atoms. The maximum absolute atomic E-state index is 11.7. The maximum atomic E-state index is 11.7. The Morgan fingerprint density at radius 3 is 2.57 bits per heavy atom. The minimum absolute atomic E-state index is 0.147. The summed E-state index contributed by atoms with van der Waals surface area (Å²) in [5.74, 6) is -0.784. The molecule has 7 nitrogen and oxygen atoms in total. The molecule has 0 aliphatic rings. The molecule has 2 aromatic heterocycles. The topological polar surface area (TPSA) is 101 Å². The normalized spacial score (nSPS) is 10.7. The molecule has 0 fully saturated rings. The first-order valence-electron chi connectivity index (χ1n) is 6.14. The van der Waals surface area contributed by atoms with E-state index in [0.717, 1.165) is 5.69 Å². The Bertz CT molecular complexity index is 855. The van der Waals surface area contributed by atoms with E-state index in [1.165, 1.54) is 10.6 Å². The number of H-pyrrole nitrogens is 1. The third-order valence-electron chi connectivity index (χ3n) is 3.10. The van der Waals surface area contributed by atoms with Crippen LogP contribution in [0.5, 0.6) is 0 Å². The molecule has 0 amide bonds. The summed E-state index contributed by atoms with van der Waals surface area (Å²) >= 11 is 0. The summed E-state index contributed by atoms with van der Waals surface area (Å²) < 4.78 is 6.52. The van der Waals surface area contributed by atoms with Crippen LogP contribution < -0.4 is 5.69 Å². The molecular formula is C14H11N3O4. The van der Waals surface area contributed by atoms with Crippen LogP contribution in [0.2, 0.25) is 0 Å². The third kappa shape index (κ3) is 2.25. The van der Waals surface area contributed by atoms with Crippen LogP contribution in [0.1, 0.15) is 16.2 Å². The Labute approximate surface area is 118 Å². The number of benzene rings is 1. The molecule has 0 bridgehead atoms. The summed E-state index contributed by atoms with van der Waals surface area (Å²) in [5, 5.41) is 12.3. The van der Waals surface area contributed by atoms with Gasteiger partial charge in [0.1, 0.15) is 0 Å². The van der Waals surface area contributed by atoms with E-state index in [9.17, 15) is 9.59 Å². The summed E-state index contributed by atoms with van der Waals surface area (Å²) in [5.41, 5.74) is 1.82. The maximum Gasteiger partial charge on any atom is 0.358 e. The van der Waals surface area contributed by atoms with Crippen molar-refractivity contribution < 1.29 is 14.4 Å². The summed E-state index contributed by atoms with van der Waals surface area (Å²) in [6, 6.07) is 8.33. The van der Waals surface area contributed by atoms with Crippen LogP contribution in [0, 0.1) is 6.92 Å². The number of carboxylic acids is 1. The van der Waals surface area contributed by atoms with Crippen molar-refractivity contribution in [2.75, 3.05) is 0 Å². The van der Waals surface area contributed by atoms with Crippen molar-refractivity contribution >= 4 is 5.97 Å². The number of carboxylic acid groups (broad SMARTS) is 1. The van der Waals surface area contributed by atoms with Gasteiger partial charge in [-0.05, 0) is 31.2 Å². The number of carbonyl (C=O) groups is 1. The number of nitrogens with zero attached hydrogens (tertiary/aromatic N) is 2. The summed E-state index contributed by atoms with van der Waals surface area (Å²) in [6.07, 6.45) is 1.63. The van der Waals surface area contributed by atoms with Gasteiger partial charge in [-0.1, -0.05) is 5.16 Å². The predicted octanol–water partition coefficient (Wildman–Crippen LogP) is 1.83. The summed E-state index contributed by atoms with van der Waals surface area (Å²) in [7, 11) is 0. The minimum atomic E-state index is -1.14. The van der Waals surface area contributed by atoms with Crippen LogP contribution >= 0.6 is 0 Å². The molecule has 3 aromatic rings. The van der Waals surface area contributed by atoms with Gasteiger partial charge in [-0.25, -0.2) is 9.59 Å². The van der Waals surface area contributed by atoms with Gasteiger partial charge >= 0.3 is 11.7 Å². The molecule has 0 spiro atoms. The lowest BCUT2D eigenvalue weighted by Crippen LogP contribution is -2.15. The number of aromatic amines is 1. The molecule has 7 heteroatoms. The molecule has 0 aliphatic carbocycles. The zero-order chi connectivity index (χ0) is 15.0. The van der Waals surface area contributed by atoms with E-state index < -0.39 is 5.97 Å². The number of nitrogens with one attached hydrogen (secondary N) is 1. The average Bonchev–Trinajstić information content (AvgIpc) is 3.07. The first kappa shape index (κ1) is 12.9. The lowest BCUT2D eigenvalue weighted by Gasteiger charge is -2.04. The largest absolute Gasteiger partial charge is 0.476 e. The third-order valence-corrected chi connectivity index (χ3v) is 3.10. The van der Waals surface area contributed by atoms with E-state index in [-0.39, 0.29) is 11.4 Å². The number of aromatic carboxylic acids is 1. The molecule has 3 rings (SSSR count). The molecular weight excluding hydrogens is 274 g/mol. The van der Waals surface area contributed by atoms with E-state index >= 15 is 0 Å². The first-order chi connectivity index (χ1) is 10.1. The molecule has 0 aliphatic heterocycles. The Hall–Kier alpha value is -3.09. The molecule has 2 N–H and O–H groups in total. The fraction of sp³-hybridized carbons (Fsp3) is 0.0714. The zero-order valence-corrected chi connectivity index (χ0v) is 11.0. The van der Waals surface area contributed by atoms with Crippen LogP contribution in [0.3, 0.4) is 0 Å². The second-order valence-electron chi connectivity index (χ2n) is 4.50. The molecule has 0 unspecified atom stereocenters. The lowest BCUT2D eigenvalue weighted by molar-refractivity contribution is 0.0686. The standard InChI is InChI=1S/C14H11N3O4/c1-8-7-15-14(20)17(8)10-4-2-9(3-5-10)12-6-11(13(18)19)16-21-12/h2-7H,1H3,(H,15,20)(H,18,19). The highest BCUT2D eigenvalue weighted by Gasteiger charge is 2.12. The predicted molar refractivity (Wildman–Crippen MR) is 73.6 cm³/mol. The second-order valence-corrected chi connectivity index (χ2v) is 4.50. The number of imidazole rings is 1. The number of aromatic nitrogens is 3. The van der Waals surface area contributed by atoms with Crippen LogP contribution in [-0.2, 0) is 0 Å². The number of hydrogen-bond acceptors (Lipinski definition) is 4. The molecule has 106 valence electrons. The van der Waals surface area contributed by atoms with Gasteiger partial charge in [0.2, 0.25) is 0 Å². The quantitative estimate of drug-likeness (QED) is 0.764. The minimum Gasteiger partial charge on any atom is -0.476 e. The highest BCUT2D eigenvalue weighted by molar-refractivity contribution is 5.86. The highest BCUT2D eigenvalue weighted by Crippen LogP contribution is 2.22. The van der Waals surface area contributed by atoms with Gasteiger partial charge < -0.3 is 14.6 Å². The number of aryl methyl sites for hydroxylation is 1. The van der Waals surface area contributed by atoms with Gasteiger partial charge in [-0.3, -0.25) is 4.57 Å². The fourth-order valence-corrected chi connectivity index (χ4v) is 2.06. The van der Waals surface area contributed by atoms with Crippen LogP contribution in [0.25, 0.3) is 17.0 Å². The van der Waals surface area contributed by atoms with Crippen molar-refractivity contribution in [1.82, 2.24) is 14.7 Å². The van der Waals surface area contributed by atoms with Gasteiger partial charge in [0.05, 0.1) is 5.69 Å². The average molecular weight is 285 g/mol. The second kappa shape index (κ2) is 4.78. The Morgan fingerprint density at radius 2 is 2.05 bits per heavy atom. The Kier molecular flexibility index (Phi) is 2.94. The van der Waals surface area contributed by atoms with Crippen LogP contribution in [-0.4, -0.2) is 25.8 Å². The number of hydrogen-bond donors (Lipinski definition) is 2. The molecule has 0 saturated heterocycles. The van der Waals surface area contributed by atoms with E-state index in [4.69, 9.17) is 9.63 Å². The van der Waals surface area contributed by atoms with Crippen molar-refractivity contribution in [3.8, 4) is 17.0 Å². The highest BCUT2D eigenvalue weighted by atomic mass is 16.5. The smallest absolute Gasteiger partial charge is 0.358 e. The summed E-state index contributed by atoms with van der Waals surface area (Å²) in [4.78, 5) is 25.1. The van der Waals surface area contributed by atoms with Gasteiger partial charge in [0.25, 0.3) is 0 Å². The van der Waals surface area contributed by atoms with Crippen molar-refractivity contribution in [3.63, 3.8) is 0 Å². The van der Waals surface area contributed by atoms with Crippen LogP contribution in [0.15, 0.2) is 45.8 Å². The fourth-order valence-electron chi connectivity index (χ4n) is 2.06. The van der Waals surface area contributed by atoms with Crippen molar-refractivity contribution in [2.24, 2.45) is 0 Å². The van der Waals surface area contributed by atoms with Gasteiger partial charge in [-0.15, -0.1) is 0 Å². The van der Waals surface area contributed by atoms with Crippen molar-refractivity contribution in [1.29, 1.82) is 0 Å². The van der Waals surface area contributed by atoms with Crippen molar-refractivity contribution in [2.45, 2.75) is 6.92 Å². The van der Waals surface area contributed by atoms with Gasteiger partial charge in [0.15, 0.2) is 11.5 Å². The van der Waals surface area contributed by atoms with Crippen molar-refractivity contribution in [3.05, 3.63) is 58.4 Å².